The summed E-state index contributed by atoms with van der Waals surface area (Å²) < 4.78 is 5.48. The molecule has 1 rings (SSSR count). The zero-order valence-corrected chi connectivity index (χ0v) is 9.18. The number of hydrogen-bond donors (Lipinski definition) is 1. The molecule has 0 aliphatic heterocycles. The van der Waals surface area contributed by atoms with Gasteiger partial charge in [0, 0.05) is 19.2 Å². The molecule has 1 aliphatic rings. The monoisotopic (exact) mass is 185 g/mol. The third kappa shape index (κ3) is 5.27. The average Bonchev–Trinajstić information content (AvgIpc) is 2.85. The van der Waals surface area contributed by atoms with E-state index in [0.717, 1.165) is 25.7 Å². The molecule has 0 aromatic heterocycles. The Kier molecular flexibility index (Phi) is 4.74. The second kappa shape index (κ2) is 5.61. The van der Waals surface area contributed by atoms with Crippen LogP contribution < -0.4 is 5.32 Å². The van der Waals surface area contributed by atoms with Gasteiger partial charge in [0.1, 0.15) is 0 Å². The molecule has 1 saturated carbocycles. The molecular weight excluding hydrogens is 162 g/mol. The molecule has 13 heavy (non-hydrogen) atoms. The molecule has 0 radical (unpaired) electrons. The van der Waals surface area contributed by atoms with E-state index in [-0.39, 0.29) is 0 Å². The van der Waals surface area contributed by atoms with Crippen LogP contribution in [0.1, 0.15) is 33.6 Å². The molecule has 0 aromatic carbocycles. The Bertz CT molecular complexity index is 132. The van der Waals surface area contributed by atoms with Crippen molar-refractivity contribution >= 4 is 0 Å². The second-order valence-corrected chi connectivity index (χ2v) is 4.55. The Hall–Kier alpha value is -0.0800. The minimum Gasteiger partial charge on any atom is -0.380 e. The molecule has 1 aliphatic carbocycles. The molecule has 2 heteroatoms. The third-order valence-corrected chi connectivity index (χ3v) is 2.49. The molecule has 0 saturated heterocycles. The molecule has 1 unspecified atom stereocenters. The average molecular weight is 185 g/mol. The molecule has 1 fully saturated rings. The molecule has 78 valence electrons. The lowest BCUT2D eigenvalue weighted by molar-refractivity contribution is 0.110. The molecule has 0 aromatic rings. The molecule has 0 amide bonds. The van der Waals surface area contributed by atoms with Gasteiger partial charge in [-0.1, -0.05) is 13.8 Å². The number of hydrogen-bond acceptors (Lipinski definition) is 2. The van der Waals surface area contributed by atoms with Crippen molar-refractivity contribution in [2.24, 2.45) is 11.8 Å². The highest BCUT2D eigenvalue weighted by Crippen LogP contribution is 2.32. The summed E-state index contributed by atoms with van der Waals surface area (Å²) in [5, 5.41) is 3.49. The lowest BCUT2D eigenvalue weighted by Gasteiger charge is -2.13. The summed E-state index contributed by atoms with van der Waals surface area (Å²) in [5.74, 6) is 1.60. The largest absolute Gasteiger partial charge is 0.380 e. The van der Waals surface area contributed by atoms with Gasteiger partial charge in [0.05, 0.1) is 6.61 Å². The van der Waals surface area contributed by atoms with Crippen LogP contribution in [0, 0.1) is 11.8 Å². The first kappa shape index (κ1) is 11.0. The van der Waals surface area contributed by atoms with Crippen molar-refractivity contribution in [3.05, 3.63) is 0 Å². The third-order valence-electron chi connectivity index (χ3n) is 2.49. The van der Waals surface area contributed by atoms with Gasteiger partial charge in [0.25, 0.3) is 0 Å². The summed E-state index contributed by atoms with van der Waals surface area (Å²) in [5.41, 5.74) is 0. The molecule has 0 spiro atoms. The van der Waals surface area contributed by atoms with Gasteiger partial charge in [-0.25, -0.2) is 0 Å². The summed E-state index contributed by atoms with van der Waals surface area (Å²) >= 11 is 0. The Morgan fingerprint density at radius 1 is 1.31 bits per heavy atom. The number of rotatable bonds is 7. The van der Waals surface area contributed by atoms with Crippen LogP contribution in [0.4, 0.5) is 0 Å². The standard InChI is InChI=1S/C11H23NO/c1-9(2)8-13-7-6-12-10(3)11-4-5-11/h9-12H,4-8H2,1-3H3. The summed E-state index contributed by atoms with van der Waals surface area (Å²) in [4.78, 5) is 0. The van der Waals surface area contributed by atoms with E-state index in [2.05, 4.69) is 26.1 Å². The van der Waals surface area contributed by atoms with E-state index in [1.54, 1.807) is 0 Å². The Morgan fingerprint density at radius 3 is 2.54 bits per heavy atom. The van der Waals surface area contributed by atoms with Gasteiger partial charge in [-0.3, -0.25) is 0 Å². The minimum atomic E-state index is 0.654. The Labute approximate surface area is 82.0 Å². The zero-order chi connectivity index (χ0) is 9.68. The van der Waals surface area contributed by atoms with E-state index in [0.29, 0.717) is 12.0 Å². The first-order valence-corrected chi connectivity index (χ1v) is 5.51. The minimum absolute atomic E-state index is 0.654. The smallest absolute Gasteiger partial charge is 0.0591 e. The van der Waals surface area contributed by atoms with E-state index < -0.39 is 0 Å². The van der Waals surface area contributed by atoms with E-state index in [4.69, 9.17) is 4.74 Å². The van der Waals surface area contributed by atoms with Gasteiger partial charge < -0.3 is 10.1 Å². The van der Waals surface area contributed by atoms with Gasteiger partial charge in [0.2, 0.25) is 0 Å². The summed E-state index contributed by atoms with van der Waals surface area (Å²) in [6.07, 6.45) is 2.84. The van der Waals surface area contributed by atoms with Crippen molar-refractivity contribution in [2.45, 2.75) is 39.7 Å². The first-order chi connectivity index (χ1) is 6.20. The molecule has 0 bridgehead atoms. The first-order valence-electron chi connectivity index (χ1n) is 5.51. The van der Waals surface area contributed by atoms with Crippen LogP contribution in [0.15, 0.2) is 0 Å². The highest BCUT2D eigenvalue weighted by molar-refractivity contribution is 4.82. The lowest BCUT2D eigenvalue weighted by atomic mass is 10.2. The summed E-state index contributed by atoms with van der Waals surface area (Å²) in [6.45, 7) is 9.39. The predicted octanol–water partition coefficient (Wildman–Crippen LogP) is 2.05. The van der Waals surface area contributed by atoms with Crippen LogP contribution >= 0.6 is 0 Å². The van der Waals surface area contributed by atoms with Crippen molar-refractivity contribution in [3.63, 3.8) is 0 Å². The normalized spacial score (nSPS) is 19.4. The lowest BCUT2D eigenvalue weighted by Crippen LogP contribution is -2.31. The van der Waals surface area contributed by atoms with Crippen LogP contribution in [0.25, 0.3) is 0 Å². The number of ether oxygens (including phenoxy) is 1. The maximum atomic E-state index is 5.48. The van der Waals surface area contributed by atoms with Gasteiger partial charge in [-0.15, -0.1) is 0 Å². The fraction of sp³-hybridized carbons (Fsp3) is 1.00. The van der Waals surface area contributed by atoms with E-state index in [1.807, 2.05) is 0 Å². The molecular formula is C11H23NO. The van der Waals surface area contributed by atoms with Crippen molar-refractivity contribution in [3.8, 4) is 0 Å². The maximum absolute atomic E-state index is 5.48. The fourth-order valence-electron chi connectivity index (χ4n) is 1.44. The highest BCUT2D eigenvalue weighted by atomic mass is 16.5. The van der Waals surface area contributed by atoms with Gasteiger partial charge in [0.15, 0.2) is 0 Å². The summed E-state index contributed by atoms with van der Waals surface area (Å²) in [7, 11) is 0. The van der Waals surface area contributed by atoms with Crippen molar-refractivity contribution in [1.82, 2.24) is 5.32 Å². The fourth-order valence-corrected chi connectivity index (χ4v) is 1.44. The van der Waals surface area contributed by atoms with Crippen molar-refractivity contribution < 1.29 is 4.74 Å². The predicted molar refractivity (Wildman–Crippen MR) is 55.8 cm³/mol. The Balaban J connectivity index is 1.83. The van der Waals surface area contributed by atoms with Crippen LogP contribution in [0.2, 0.25) is 0 Å². The SMILES string of the molecule is CC(C)COCCNC(C)C1CC1. The van der Waals surface area contributed by atoms with Crippen molar-refractivity contribution in [1.29, 1.82) is 0 Å². The Morgan fingerprint density at radius 2 is 2.00 bits per heavy atom. The quantitative estimate of drug-likeness (QED) is 0.613. The van der Waals surface area contributed by atoms with Crippen LogP contribution in [-0.2, 0) is 4.74 Å². The topological polar surface area (TPSA) is 21.3 Å². The number of nitrogens with one attached hydrogen (secondary N) is 1. The second-order valence-electron chi connectivity index (χ2n) is 4.55. The maximum Gasteiger partial charge on any atom is 0.0591 e. The van der Waals surface area contributed by atoms with E-state index >= 15 is 0 Å². The molecule has 1 atom stereocenters. The molecule has 2 nitrogen and oxygen atoms in total. The van der Waals surface area contributed by atoms with Gasteiger partial charge in [-0.05, 0) is 31.6 Å². The van der Waals surface area contributed by atoms with Crippen LogP contribution in [-0.4, -0.2) is 25.8 Å². The van der Waals surface area contributed by atoms with Crippen molar-refractivity contribution in [2.75, 3.05) is 19.8 Å². The summed E-state index contributed by atoms with van der Waals surface area (Å²) in [6, 6.07) is 0.697. The van der Waals surface area contributed by atoms with Crippen LogP contribution in [0.3, 0.4) is 0 Å². The van der Waals surface area contributed by atoms with Crippen LogP contribution in [0.5, 0.6) is 0 Å². The highest BCUT2D eigenvalue weighted by Gasteiger charge is 2.26. The molecule has 1 N–H and O–H groups in total. The molecule has 0 heterocycles. The zero-order valence-electron chi connectivity index (χ0n) is 9.18. The van der Waals surface area contributed by atoms with Gasteiger partial charge in [-0.2, -0.15) is 0 Å². The van der Waals surface area contributed by atoms with E-state index in [1.165, 1.54) is 12.8 Å². The van der Waals surface area contributed by atoms with E-state index in [9.17, 15) is 0 Å². The van der Waals surface area contributed by atoms with Gasteiger partial charge >= 0.3 is 0 Å².